The molecule has 1 aliphatic rings. The van der Waals surface area contributed by atoms with Gasteiger partial charge in [-0.15, -0.1) is 0 Å². The predicted octanol–water partition coefficient (Wildman–Crippen LogP) is 1.19. The zero-order valence-electron chi connectivity index (χ0n) is 10.2. The first-order chi connectivity index (χ1) is 9.02. The largest absolute Gasteiger partial charge is 0.465 e. The van der Waals surface area contributed by atoms with Crippen LogP contribution in [0.15, 0.2) is 6.20 Å². The van der Waals surface area contributed by atoms with Crippen molar-refractivity contribution in [1.82, 2.24) is 14.9 Å². The van der Waals surface area contributed by atoms with Gasteiger partial charge in [-0.3, -0.25) is 0 Å². The molecule has 1 saturated heterocycles. The van der Waals surface area contributed by atoms with Crippen molar-refractivity contribution in [2.45, 2.75) is 13.0 Å². The molecule has 0 saturated carbocycles. The molecule has 2 rings (SSSR count). The second-order valence-electron chi connectivity index (χ2n) is 4.26. The Labute approximate surface area is 115 Å². The van der Waals surface area contributed by atoms with Gasteiger partial charge in [0.15, 0.2) is 5.15 Å². The van der Waals surface area contributed by atoms with E-state index in [1.807, 2.05) is 17.9 Å². The highest BCUT2D eigenvalue weighted by Gasteiger charge is 2.28. The molecule has 0 radical (unpaired) electrons. The van der Waals surface area contributed by atoms with E-state index in [4.69, 9.17) is 22.0 Å². The van der Waals surface area contributed by atoms with E-state index >= 15 is 0 Å². The number of halogens is 1. The zero-order chi connectivity index (χ0) is 14.0. The van der Waals surface area contributed by atoms with Gasteiger partial charge in [0.25, 0.3) is 0 Å². The number of nitriles is 1. The van der Waals surface area contributed by atoms with E-state index < -0.39 is 6.09 Å². The number of piperazine rings is 1. The second kappa shape index (κ2) is 5.28. The number of hydrogen-bond donors (Lipinski definition) is 1. The minimum atomic E-state index is -0.925. The Bertz CT molecular complexity index is 544. The third-order valence-electron chi connectivity index (χ3n) is 3.01. The van der Waals surface area contributed by atoms with Gasteiger partial charge in [0, 0.05) is 25.7 Å². The summed E-state index contributed by atoms with van der Waals surface area (Å²) >= 11 is 5.86. The van der Waals surface area contributed by atoms with Crippen LogP contribution in [0, 0.1) is 11.3 Å². The quantitative estimate of drug-likeness (QED) is 0.777. The minimum absolute atomic E-state index is 0.112. The van der Waals surface area contributed by atoms with Crippen molar-refractivity contribution in [3.8, 4) is 6.07 Å². The first kappa shape index (κ1) is 13.4. The highest BCUT2D eigenvalue weighted by molar-refractivity contribution is 6.30. The summed E-state index contributed by atoms with van der Waals surface area (Å²) in [4.78, 5) is 22.3. The average Bonchev–Trinajstić information content (AvgIpc) is 2.38. The van der Waals surface area contributed by atoms with Gasteiger partial charge < -0.3 is 14.9 Å². The van der Waals surface area contributed by atoms with Crippen LogP contribution >= 0.6 is 11.6 Å². The highest BCUT2D eigenvalue weighted by Crippen LogP contribution is 2.19. The molecule has 1 fully saturated rings. The lowest BCUT2D eigenvalue weighted by Gasteiger charge is -2.38. The monoisotopic (exact) mass is 281 g/mol. The summed E-state index contributed by atoms with van der Waals surface area (Å²) in [6.45, 7) is 3.20. The van der Waals surface area contributed by atoms with E-state index in [9.17, 15) is 4.79 Å². The van der Waals surface area contributed by atoms with E-state index in [0.29, 0.717) is 25.6 Å². The van der Waals surface area contributed by atoms with Crippen LogP contribution in [0.1, 0.15) is 12.5 Å². The van der Waals surface area contributed by atoms with Gasteiger partial charge in [-0.2, -0.15) is 10.2 Å². The Morgan fingerprint density at radius 2 is 2.37 bits per heavy atom. The molecular weight excluding hydrogens is 270 g/mol. The SMILES string of the molecule is C[C@@H]1CN(c2ncc(C#N)c(Cl)n2)CCN1C(=O)O. The van der Waals surface area contributed by atoms with Gasteiger partial charge in [0.1, 0.15) is 11.6 Å². The summed E-state index contributed by atoms with van der Waals surface area (Å²) in [6.07, 6.45) is 0.449. The van der Waals surface area contributed by atoms with E-state index in [2.05, 4.69) is 9.97 Å². The molecule has 7 nitrogen and oxygen atoms in total. The normalized spacial score (nSPS) is 19.1. The molecule has 0 unspecified atom stereocenters. The maximum Gasteiger partial charge on any atom is 0.407 e. The summed E-state index contributed by atoms with van der Waals surface area (Å²) < 4.78 is 0. The summed E-state index contributed by atoms with van der Waals surface area (Å²) in [7, 11) is 0. The zero-order valence-corrected chi connectivity index (χ0v) is 11.0. The lowest BCUT2D eigenvalue weighted by atomic mass is 10.2. The predicted molar refractivity (Wildman–Crippen MR) is 68.2 cm³/mol. The van der Waals surface area contributed by atoms with Crippen LogP contribution in [0.2, 0.25) is 5.15 Å². The Morgan fingerprint density at radius 3 is 2.89 bits per heavy atom. The molecule has 0 bridgehead atoms. The van der Waals surface area contributed by atoms with Gasteiger partial charge in [-0.1, -0.05) is 11.6 Å². The number of amides is 1. The van der Waals surface area contributed by atoms with Crippen molar-refractivity contribution < 1.29 is 9.90 Å². The summed E-state index contributed by atoms with van der Waals surface area (Å²) in [5.74, 6) is 0.417. The van der Waals surface area contributed by atoms with Gasteiger partial charge in [-0.05, 0) is 6.92 Å². The first-order valence-corrected chi connectivity index (χ1v) is 6.08. The molecule has 1 N–H and O–H groups in total. The van der Waals surface area contributed by atoms with Gasteiger partial charge >= 0.3 is 6.09 Å². The summed E-state index contributed by atoms with van der Waals surface area (Å²) in [6, 6.07) is 1.75. The number of hydrogen-bond acceptors (Lipinski definition) is 5. The molecule has 1 atom stereocenters. The van der Waals surface area contributed by atoms with Crippen molar-refractivity contribution >= 4 is 23.6 Å². The molecule has 0 aromatic carbocycles. The maximum absolute atomic E-state index is 11.0. The maximum atomic E-state index is 11.0. The van der Waals surface area contributed by atoms with E-state index in [-0.39, 0.29) is 16.8 Å². The molecule has 1 aromatic rings. The number of aromatic nitrogens is 2. The first-order valence-electron chi connectivity index (χ1n) is 5.70. The second-order valence-corrected chi connectivity index (χ2v) is 4.62. The number of carboxylic acid groups (broad SMARTS) is 1. The van der Waals surface area contributed by atoms with E-state index in [1.54, 1.807) is 0 Å². The van der Waals surface area contributed by atoms with Gasteiger partial charge in [-0.25, -0.2) is 9.78 Å². The molecule has 0 spiro atoms. The summed E-state index contributed by atoms with van der Waals surface area (Å²) in [5, 5.41) is 17.9. The lowest BCUT2D eigenvalue weighted by molar-refractivity contribution is 0.122. The fraction of sp³-hybridized carbons (Fsp3) is 0.455. The van der Waals surface area contributed by atoms with Gasteiger partial charge in [0.2, 0.25) is 5.95 Å². The highest BCUT2D eigenvalue weighted by atomic mass is 35.5. The third kappa shape index (κ3) is 2.69. The van der Waals surface area contributed by atoms with Crippen LogP contribution in [0.3, 0.4) is 0 Å². The van der Waals surface area contributed by atoms with Crippen LogP contribution in [0.5, 0.6) is 0 Å². The van der Waals surface area contributed by atoms with Crippen molar-refractivity contribution in [2.75, 3.05) is 24.5 Å². The Balaban J connectivity index is 2.15. The Kier molecular flexibility index (Phi) is 3.71. The molecule has 100 valence electrons. The summed E-state index contributed by atoms with van der Waals surface area (Å²) in [5.41, 5.74) is 0.225. The standard InChI is InChI=1S/C11H12ClN5O2/c1-7-6-16(2-3-17(7)11(18)19)10-14-5-8(4-13)9(12)15-10/h5,7H,2-3,6H2,1H3,(H,18,19)/t7-/m1/s1. The molecule has 19 heavy (non-hydrogen) atoms. The van der Waals surface area contributed by atoms with Crippen molar-refractivity contribution in [3.05, 3.63) is 16.9 Å². The Morgan fingerprint density at radius 1 is 1.63 bits per heavy atom. The van der Waals surface area contributed by atoms with Crippen LogP contribution in [-0.2, 0) is 0 Å². The fourth-order valence-electron chi connectivity index (χ4n) is 2.00. The van der Waals surface area contributed by atoms with E-state index in [0.717, 1.165) is 0 Å². The molecule has 2 heterocycles. The van der Waals surface area contributed by atoms with Crippen LogP contribution in [0.25, 0.3) is 0 Å². The molecular formula is C11H12ClN5O2. The van der Waals surface area contributed by atoms with Crippen molar-refractivity contribution in [1.29, 1.82) is 5.26 Å². The van der Waals surface area contributed by atoms with Gasteiger partial charge in [0.05, 0.1) is 6.20 Å². The van der Waals surface area contributed by atoms with Crippen molar-refractivity contribution in [2.24, 2.45) is 0 Å². The third-order valence-corrected chi connectivity index (χ3v) is 3.29. The molecule has 0 aliphatic carbocycles. The van der Waals surface area contributed by atoms with Crippen molar-refractivity contribution in [3.63, 3.8) is 0 Å². The number of nitrogens with zero attached hydrogens (tertiary/aromatic N) is 5. The molecule has 1 aliphatic heterocycles. The number of anilines is 1. The molecule has 1 amide bonds. The smallest absolute Gasteiger partial charge is 0.407 e. The number of rotatable bonds is 1. The topological polar surface area (TPSA) is 93.4 Å². The van der Waals surface area contributed by atoms with E-state index in [1.165, 1.54) is 11.1 Å². The molecule has 8 heteroatoms. The minimum Gasteiger partial charge on any atom is -0.465 e. The van der Waals surface area contributed by atoms with Crippen LogP contribution in [-0.4, -0.2) is 51.7 Å². The van der Waals surface area contributed by atoms with Crippen LogP contribution < -0.4 is 4.90 Å². The average molecular weight is 282 g/mol. The molecule has 1 aromatic heterocycles. The Hall–Kier alpha value is -2.07. The fourth-order valence-corrected chi connectivity index (χ4v) is 2.17. The lowest BCUT2D eigenvalue weighted by Crippen LogP contribution is -2.54. The van der Waals surface area contributed by atoms with Crippen LogP contribution in [0.4, 0.5) is 10.7 Å². The number of carbonyl (C=O) groups is 1.